The molecule has 2 rings (SSSR count). The number of halogens is 1. The van der Waals surface area contributed by atoms with E-state index in [9.17, 15) is 4.79 Å². The van der Waals surface area contributed by atoms with E-state index in [1.807, 2.05) is 12.1 Å². The Morgan fingerprint density at radius 1 is 1.29 bits per heavy atom. The van der Waals surface area contributed by atoms with Crippen LogP contribution in [0.3, 0.4) is 0 Å². The van der Waals surface area contributed by atoms with E-state index >= 15 is 0 Å². The van der Waals surface area contributed by atoms with Gasteiger partial charge in [0, 0.05) is 16.0 Å². The number of carbonyl (C=O) groups is 1. The zero-order chi connectivity index (χ0) is 9.97. The van der Waals surface area contributed by atoms with Gasteiger partial charge in [-0.15, -0.1) is 0 Å². The SMILES string of the molecule is O=Cc1csnc1-c1ccc(Cl)cc1. The van der Waals surface area contributed by atoms with Gasteiger partial charge in [0.05, 0.1) is 11.3 Å². The predicted octanol–water partition coefficient (Wildman–Crippen LogP) is 3.28. The molecule has 0 unspecified atom stereocenters. The molecule has 0 radical (unpaired) electrons. The third-order valence-corrected chi connectivity index (χ3v) is 2.74. The fourth-order valence-corrected chi connectivity index (χ4v) is 1.93. The van der Waals surface area contributed by atoms with Gasteiger partial charge in [0.15, 0.2) is 6.29 Å². The van der Waals surface area contributed by atoms with Crippen LogP contribution in [-0.4, -0.2) is 10.7 Å². The standard InChI is InChI=1S/C10H6ClNOS/c11-9-3-1-7(2-4-9)10-8(5-13)6-14-12-10/h1-6H. The molecule has 14 heavy (non-hydrogen) atoms. The van der Waals surface area contributed by atoms with Crippen molar-refractivity contribution < 1.29 is 4.79 Å². The molecule has 0 amide bonds. The molecule has 4 heteroatoms. The molecular formula is C10H6ClNOS. The number of rotatable bonds is 2. The molecule has 0 spiro atoms. The average Bonchev–Trinajstić information content (AvgIpc) is 2.67. The Bertz CT molecular complexity index is 449. The molecule has 1 aromatic heterocycles. The van der Waals surface area contributed by atoms with Crippen LogP contribution in [0.1, 0.15) is 10.4 Å². The Balaban J connectivity index is 2.49. The summed E-state index contributed by atoms with van der Waals surface area (Å²) < 4.78 is 4.15. The fourth-order valence-electron chi connectivity index (χ4n) is 1.16. The molecule has 1 heterocycles. The first-order chi connectivity index (χ1) is 6.81. The van der Waals surface area contributed by atoms with E-state index in [0.29, 0.717) is 10.6 Å². The van der Waals surface area contributed by atoms with Crippen LogP contribution in [0.15, 0.2) is 29.6 Å². The van der Waals surface area contributed by atoms with Crippen LogP contribution < -0.4 is 0 Å². The third-order valence-electron chi connectivity index (χ3n) is 1.84. The number of nitrogens with zero attached hydrogens (tertiary/aromatic N) is 1. The molecular weight excluding hydrogens is 218 g/mol. The van der Waals surface area contributed by atoms with Crippen LogP contribution in [0.25, 0.3) is 11.3 Å². The molecule has 0 aliphatic heterocycles. The largest absolute Gasteiger partial charge is 0.298 e. The lowest BCUT2D eigenvalue weighted by molar-refractivity contribution is 0.112. The monoisotopic (exact) mass is 223 g/mol. The van der Waals surface area contributed by atoms with Crippen LogP contribution in [0.4, 0.5) is 0 Å². The molecule has 0 fully saturated rings. The first-order valence-electron chi connectivity index (χ1n) is 3.97. The molecule has 0 aliphatic rings. The third kappa shape index (κ3) is 1.69. The second kappa shape index (κ2) is 3.90. The summed E-state index contributed by atoms with van der Waals surface area (Å²) in [6.07, 6.45) is 0.813. The van der Waals surface area contributed by atoms with Crippen molar-refractivity contribution in [3.8, 4) is 11.3 Å². The summed E-state index contributed by atoms with van der Waals surface area (Å²) in [5.74, 6) is 0. The summed E-state index contributed by atoms with van der Waals surface area (Å²) in [6.45, 7) is 0. The Morgan fingerprint density at radius 2 is 2.00 bits per heavy atom. The number of benzene rings is 1. The minimum Gasteiger partial charge on any atom is -0.298 e. The van der Waals surface area contributed by atoms with Gasteiger partial charge in [0.25, 0.3) is 0 Å². The topological polar surface area (TPSA) is 30.0 Å². The van der Waals surface area contributed by atoms with Crippen molar-refractivity contribution in [2.45, 2.75) is 0 Å². The Morgan fingerprint density at radius 3 is 2.64 bits per heavy atom. The highest BCUT2D eigenvalue weighted by atomic mass is 35.5. The van der Waals surface area contributed by atoms with Crippen molar-refractivity contribution >= 4 is 29.4 Å². The van der Waals surface area contributed by atoms with Gasteiger partial charge in [-0.3, -0.25) is 4.79 Å². The Labute approximate surface area is 90.3 Å². The summed E-state index contributed by atoms with van der Waals surface area (Å²) in [5, 5.41) is 2.41. The lowest BCUT2D eigenvalue weighted by Crippen LogP contribution is -1.83. The van der Waals surface area contributed by atoms with Crippen molar-refractivity contribution in [2.24, 2.45) is 0 Å². The van der Waals surface area contributed by atoms with E-state index in [0.717, 1.165) is 17.5 Å². The summed E-state index contributed by atoms with van der Waals surface area (Å²) in [6, 6.07) is 7.27. The van der Waals surface area contributed by atoms with Crippen molar-refractivity contribution in [3.05, 3.63) is 40.2 Å². The fraction of sp³-hybridized carbons (Fsp3) is 0. The molecule has 2 aromatic rings. The van der Waals surface area contributed by atoms with Gasteiger partial charge in [-0.05, 0) is 23.7 Å². The molecule has 70 valence electrons. The summed E-state index contributed by atoms with van der Waals surface area (Å²) in [7, 11) is 0. The van der Waals surface area contributed by atoms with Gasteiger partial charge in [-0.25, -0.2) is 0 Å². The maximum Gasteiger partial charge on any atom is 0.153 e. The number of hydrogen-bond donors (Lipinski definition) is 0. The van der Waals surface area contributed by atoms with Gasteiger partial charge >= 0.3 is 0 Å². The summed E-state index contributed by atoms with van der Waals surface area (Å²) in [4.78, 5) is 10.7. The van der Waals surface area contributed by atoms with Crippen LogP contribution in [0, 0.1) is 0 Å². The van der Waals surface area contributed by atoms with Crippen LogP contribution in [0.2, 0.25) is 5.02 Å². The van der Waals surface area contributed by atoms with Crippen LogP contribution >= 0.6 is 23.1 Å². The quantitative estimate of drug-likeness (QED) is 0.732. The summed E-state index contributed by atoms with van der Waals surface area (Å²) in [5.41, 5.74) is 2.26. The number of hydrogen-bond acceptors (Lipinski definition) is 3. The molecule has 0 N–H and O–H groups in total. The van der Waals surface area contributed by atoms with E-state index in [4.69, 9.17) is 11.6 Å². The van der Waals surface area contributed by atoms with Crippen LogP contribution in [0.5, 0.6) is 0 Å². The average molecular weight is 224 g/mol. The highest BCUT2D eigenvalue weighted by Crippen LogP contribution is 2.24. The van der Waals surface area contributed by atoms with Gasteiger partial charge in [-0.1, -0.05) is 23.7 Å². The van der Waals surface area contributed by atoms with Gasteiger partial charge in [-0.2, -0.15) is 4.37 Å². The van der Waals surface area contributed by atoms with E-state index in [2.05, 4.69) is 4.37 Å². The highest BCUT2D eigenvalue weighted by Gasteiger charge is 2.06. The zero-order valence-corrected chi connectivity index (χ0v) is 8.68. The maximum atomic E-state index is 10.7. The maximum absolute atomic E-state index is 10.7. The lowest BCUT2D eigenvalue weighted by Gasteiger charge is -1.97. The lowest BCUT2D eigenvalue weighted by atomic mass is 10.1. The molecule has 0 atom stereocenters. The van der Waals surface area contributed by atoms with E-state index in [1.54, 1.807) is 17.5 Å². The molecule has 0 saturated heterocycles. The molecule has 0 saturated carbocycles. The number of carbonyl (C=O) groups excluding carboxylic acids is 1. The first kappa shape index (κ1) is 9.37. The normalized spacial score (nSPS) is 10.1. The minimum atomic E-state index is 0.623. The second-order valence-corrected chi connectivity index (χ2v) is 3.81. The second-order valence-electron chi connectivity index (χ2n) is 2.74. The zero-order valence-electron chi connectivity index (χ0n) is 7.11. The smallest absolute Gasteiger partial charge is 0.153 e. The van der Waals surface area contributed by atoms with Crippen molar-refractivity contribution in [1.29, 1.82) is 0 Å². The van der Waals surface area contributed by atoms with Gasteiger partial charge in [0.2, 0.25) is 0 Å². The minimum absolute atomic E-state index is 0.623. The highest BCUT2D eigenvalue weighted by molar-refractivity contribution is 7.04. The van der Waals surface area contributed by atoms with Crippen molar-refractivity contribution in [1.82, 2.24) is 4.37 Å². The van der Waals surface area contributed by atoms with Crippen molar-refractivity contribution in [3.63, 3.8) is 0 Å². The van der Waals surface area contributed by atoms with Crippen molar-refractivity contribution in [2.75, 3.05) is 0 Å². The van der Waals surface area contributed by atoms with E-state index < -0.39 is 0 Å². The molecule has 1 aromatic carbocycles. The predicted molar refractivity (Wildman–Crippen MR) is 57.9 cm³/mol. The van der Waals surface area contributed by atoms with Gasteiger partial charge < -0.3 is 0 Å². The molecule has 0 bridgehead atoms. The first-order valence-corrected chi connectivity index (χ1v) is 5.18. The summed E-state index contributed by atoms with van der Waals surface area (Å²) >= 11 is 7.03. The Hall–Kier alpha value is -1.19. The molecule has 2 nitrogen and oxygen atoms in total. The van der Waals surface area contributed by atoms with Crippen LogP contribution in [-0.2, 0) is 0 Å². The Kier molecular flexibility index (Phi) is 2.61. The van der Waals surface area contributed by atoms with Gasteiger partial charge in [0.1, 0.15) is 0 Å². The number of aldehydes is 1. The van der Waals surface area contributed by atoms with E-state index in [-0.39, 0.29) is 0 Å². The van der Waals surface area contributed by atoms with E-state index in [1.165, 1.54) is 11.5 Å². The number of aromatic nitrogens is 1. The molecule has 0 aliphatic carbocycles.